The van der Waals surface area contributed by atoms with Crippen molar-refractivity contribution in [1.82, 2.24) is 4.90 Å². The minimum atomic E-state index is -0.566. The number of halogens is 2. The molecule has 6 nitrogen and oxygen atoms in total. The Kier molecular flexibility index (Phi) is 8.99. The van der Waals surface area contributed by atoms with E-state index in [-0.39, 0.29) is 23.3 Å². The van der Waals surface area contributed by atoms with Crippen molar-refractivity contribution in [2.45, 2.75) is 31.9 Å². The number of thioether (sulfide) groups is 1. The highest BCUT2D eigenvalue weighted by molar-refractivity contribution is 8.15. The molecule has 0 saturated carbocycles. The van der Waals surface area contributed by atoms with E-state index in [4.69, 9.17) is 27.9 Å². The molecule has 2 amide bonds. The lowest BCUT2D eigenvalue weighted by atomic mass is 10.2. The van der Waals surface area contributed by atoms with E-state index in [2.05, 4.69) is 10.3 Å². The quantitative estimate of drug-likeness (QED) is 0.455. The van der Waals surface area contributed by atoms with Gasteiger partial charge in [0.05, 0.1) is 21.4 Å². The third-order valence-corrected chi connectivity index (χ3v) is 6.74. The Hall–Kier alpha value is -2.06. The van der Waals surface area contributed by atoms with Crippen molar-refractivity contribution >= 4 is 63.3 Å². The molecule has 1 saturated heterocycles. The van der Waals surface area contributed by atoms with E-state index in [1.807, 2.05) is 38.1 Å². The van der Waals surface area contributed by atoms with Gasteiger partial charge in [0, 0.05) is 26.2 Å². The molecule has 1 N–H and O–H groups in total. The minimum Gasteiger partial charge on any atom is -0.382 e. The van der Waals surface area contributed by atoms with E-state index in [9.17, 15) is 9.59 Å². The van der Waals surface area contributed by atoms with Gasteiger partial charge in [-0.2, -0.15) is 0 Å². The van der Waals surface area contributed by atoms with Crippen molar-refractivity contribution in [3.8, 4) is 0 Å². The van der Waals surface area contributed by atoms with Crippen molar-refractivity contribution in [3.63, 3.8) is 0 Å². The van der Waals surface area contributed by atoms with Gasteiger partial charge in [-0.15, -0.1) is 0 Å². The number of amides is 2. The number of hydrogen-bond acceptors (Lipinski definition) is 5. The summed E-state index contributed by atoms with van der Waals surface area (Å²) in [5, 5.41) is 3.39. The first kappa shape index (κ1) is 24.6. The Morgan fingerprint density at radius 1 is 1.22 bits per heavy atom. The zero-order chi connectivity index (χ0) is 23.1. The van der Waals surface area contributed by atoms with E-state index in [0.717, 1.165) is 11.3 Å². The molecule has 2 aromatic rings. The molecular weight excluding hydrogens is 469 g/mol. The van der Waals surface area contributed by atoms with Crippen molar-refractivity contribution < 1.29 is 14.3 Å². The minimum absolute atomic E-state index is 0.00121. The molecule has 170 valence electrons. The molecule has 0 bridgehead atoms. The van der Waals surface area contributed by atoms with Crippen molar-refractivity contribution in [1.29, 1.82) is 0 Å². The first-order valence-electron chi connectivity index (χ1n) is 10.3. The molecule has 2 aromatic carbocycles. The lowest BCUT2D eigenvalue weighted by Gasteiger charge is -2.16. The van der Waals surface area contributed by atoms with E-state index in [1.165, 1.54) is 11.8 Å². The summed E-state index contributed by atoms with van der Waals surface area (Å²) in [5.74, 6) is -0.449. The summed E-state index contributed by atoms with van der Waals surface area (Å²) in [6, 6.07) is 12.8. The molecule has 1 atom stereocenters. The second-order valence-electron chi connectivity index (χ2n) is 7.23. The predicted octanol–water partition coefficient (Wildman–Crippen LogP) is 5.69. The van der Waals surface area contributed by atoms with Gasteiger partial charge in [0.2, 0.25) is 11.8 Å². The van der Waals surface area contributed by atoms with E-state index in [0.29, 0.717) is 42.1 Å². The van der Waals surface area contributed by atoms with Crippen LogP contribution in [0.3, 0.4) is 0 Å². The highest BCUT2D eigenvalue weighted by Crippen LogP contribution is 2.33. The average molecular weight is 494 g/mol. The maximum Gasteiger partial charge on any atom is 0.242 e. The Morgan fingerprint density at radius 3 is 2.69 bits per heavy atom. The maximum atomic E-state index is 13.1. The van der Waals surface area contributed by atoms with Gasteiger partial charge in [-0.05, 0) is 44.5 Å². The number of ether oxygens (including phenoxy) is 1. The Labute approximate surface area is 202 Å². The number of amidine groups is 1. The van der Waals surface area contributed by atoms with Crippen LogP contribution in [0.1, 0.15) is 25.3 Å². The van der Waals surface area contributed by atoms with Gasteiger partial charge in [-0.25, -0.2) is 4.99 Å². The summed E-state index contributed by atoms with van der Waals surface area (Å²) in [7, 11) is 0. The summed E-state index contributed by atoms with van der Waals surface area (Å²) < 4.78 is 5.40. The monoisotopic (exact) mass is 493 g/mol. The standard InChI is InChI=1S/C23H25Cl2N3O3S/c1-3-31-13-5-12-28-22(30)19(32-23(28)26-16-10-8-15(2)9-11-16)14-20(29)27-18-7-4-6-17(24)21(18)25/h4,6-11,19H,3,5,12-14H2,1-2H3,(H,27,29). The van der Waals surface area contributed by atoms with Crippen LogP contribution in [0.25, 0.3) is 0 Å². The Balaban J connectivity index is 1.73. The van der Waals surface area contributed by atoms with Crippen molar-refractivity contribution in [2.24, 2.45) is 4.99 Å². The van der Waals surface area contributed by atoms with Crippen LogP contribution in [-0.4, -0.2) is 46.9 Å². The lowest BCUT2D eigenvalue weighted by molar-refractivity contribution is -0.128. The largest absolute Gasteiger partial charge is 0.382 e. The molecule has 1 aliphatic rings. The molecule has 32 heavy (non-hydrogen) atoms. The lowest BCUT2D eigenvalue weighted by Crippen LogP contribution is -2.34. The third kappa shape index (κ3) is 6.48. The molecule has 1 fully saturated rings. The second-order valence-corrected chi connectivity index (χ2v) is 9.19. The number of carbonyl (C=O) groups excluding carboxylic acids is 2. The van der Waals surface area contributed by atoms with E-state index in [1.54, 1.807) is 23.1 Å². The molecule has 3 rings (SSSR count). The summed E-state index contributed by atoms with van der Waals surface area (Å²) in [6.45, 7) is 5.60. The van der Waals surface area contributed by atoms with E-state index < -0.39 is 5.25 Å². The Bertz CT molecular complexity index is 998. The topological polar surface area (TPSA) is 71.0 Å². The smallest absolute Gasteiger partial charge is 0.242 e. The fraction of sp³-hybridized carbons (Fsp3) is 0.348. The van der Waals surface area contributed by atoms with Gasteiger partial charge < -0.3 is 10.1 Å². The van der Waals surface area contributed by atoms with Crippen LogP contribution in [0, 0.1) is 6.92 Å². The van der Waals surface area contributed by atoms with Gasteiger partial charge >= 0.3 is 0 Å². The third-order valence-electron chi connectivity index (χ3n) is 4.75. The van der Waals surface area contributed by atoms with Crippen LogP contribution >= 0.6 is 35.0 Å². The highest BCUT2D eigenvalue weighted by atomic mass is 35.5. The second kappa shape index (κ2) is 11.7. The fourth-order valence-corrected chi connectivity index (χ4v) is 4.63. The van der Waals surface area contributed by atoms with Crippen LogP contribution in [0.5, 0.6) is 0 Å². The molecule has 1 heterocycles. The number of hydrogen-bond donors (Lipinski definition) is 1. The molecule has 9 heteroatoms. The van der Waals surface area contributed by atoms with Gasteiger partial charge in [0.25, 0.3) is 0 Å². The maximum absolute atomic E-state index is 13.1. The predicted molar refractivity (Wildman–Crippen MR) is 132 cm³/mol. The zero-order valence-electron chi connectivity index (χ0n) is 17.9. The Morgan fingerprint density at radius 2 is 1.97 bits per heavy atom. The summed E-state index contributed by atoms with van der Waals surface area (Å²) in [6.07, 6.45) is 0.686. The molecular formula is C23H25Cl2N3O3S. The van der Waals surface area contributed by atoms with Crippen molar-refractivity contribution in [3.05, 3.63) is 58.1 Å². The number of carbonyl (C=O) groups is 2. The molecule has 0 spiro atoms. The number of aliphatic imine (C=N–C) groups is 1. The number of nitrogens with zero attached hydrogens (tertiary/aromatic N) is 2. The highest BCUT2D eigenvalue weighted by Gasteiger charge is 2.39. The first-order chi connectivity index (χ1) is 15.4. The molecule has 1 aliphatic heterocycles. The normalized spacial score (nSPS) is 17.2. The number of benzene rings is 2. The van der Waals surface area contributed by atoms with Gasteiger partial charge in [-0.1, -0.05) is 58.7 Å². The van der Waals surface area contributed by atoms with E-state index >= 15 is 0 Å². The first-order valence-corrected chi connectivity index (χ1v) is 12.0. The number of anilines is 1. The van der Waals surface area contributed by atoms with Gasteiger partial charge in [-0.3, -0.25) is 14.5 Å². The molecule has 0 radical (unpaired) electrons. The van der Waals surface area contributed by atoms with Crippen molar-refractivity contribution in [2.75, 3.05) is 25.1 Å². The summed E-state index contributed by atoms with van der Waals surface area (Å²) >= 11 is 13.5. The van der Waals surface area contributed by atoms with Crippen LogP contribution in [0.2, 0.25) is 10.0 Å². The summed E-state index contributed by atoms with van der Waals surface area (Å²) in [5.41, 5.74) is 2.31. The SMILES string of the molecule is CCOCCCN1C(=O)C(CC(=O)Nc2cccc(Cl)c2Cl)SC1=Nc1ccc(C)cc1. The van der Waals surface area contributed by atoms with Crippen LogP contribution in [0.4, 0.5) is 11.4 Å². The van der Waals surface area contributed by atoms with Gasteiger partial charge in [0.15, 0.2) is 5.17 Å². The number of rotatable bonds is 9. The average Bonchev–Trinajstić information content (AvgIpc) is 3.04. The van der Waals surface area contributed by atoms with Crippen LogP contribution in [0.15, 0.2) is 47.5 Å². The number of aryl methyl sites for hydroxylation is 1. The number of nitrogens with one attached hydrogen (secondary N) is 1. The molecule has 0 aliphatic carbocycles. The van der Waals surface area contributed by atoms with Gasteiger partial charge in [0.1, 0.15) is 5.25 Å². The fourth-order valence-electron chi connectivity index (χ4n) is 3.10. The zero-order valence-corrected chi connectivity index (χ0v) is 20.3. The molecule has 1 unspecified atom stereocenters. The van der Waals surface area contributed by atoms with Crippen LogP contribution in [-0.2, 0) is 14.3 Å². The van der Waals surface area contributed by atoms with Crippen LogP contribution < -0.4 is 5.32 Å². The summed E-state index contributed by atoms with van der Waals surface area (Å²) in [4.78, 5) is 32.0. The molecule has 0 aromatic heterocycles.